The number of hydrogen-bond acceptors (Lipinski definition) is 4. The molecule has 0 aliphatic rings. The fourth-order valence-corrected chi connectivity index (χ4v) is 2.68. The lowest BCUT2D eigenvalue weighted by Gasteiger charge is -2.06. The van der Waals surface area contributed by atoms with Crippen LogP contribution < -0.4 is 5.32 Å². The Morgan fingerprint density at radius 2 is 1.85 bits per heavy atom. The Bertz CT molecular complexity index is 795. The second kappa shape index (κ2) is 4.86. The van der Waals surface area contributed by atoms with Gasteiger partial charge in [0.1, 0.15) is 0 Å². The van der Waals surface area contributed by atoms with Gasteiger partial charge in [-0.05, 0) is 53.2 Å². The number of phenolic OH excluding ortho intramolecular Hbond substituents is 2. The van der Waals surface area contributed by atoms with Crippen LogP contribution in [0, 0.1) is 0 Å². The van der Waals surface area contributed by atoms with Gasteiger partial charge in [-0.25, -0.2) is 0 Å². The van der Waals surface area contributed by atoms with Crippen LogP contribution in [-0.4, -0.2) is 16.1 Å². The first-order chi connectivity index (χ1) is 9.63. The number of hydrogen-bond donors (Lipinski definition) is 3. The molecule has 3 rings (SSSR count). The number of fused-ring (bicyclic) bond motifs is 1. The van der Waals surface area contributed by atoms with Crippen molar-refractivity contribution in [1.82, 2.24) is 0 Å². The van der Waals surface area contributed by atoms with E-state index in [0.29, 0.717) is 5.69 Å². The summed E-state index contributed by atoms with van der Waals surface area (Å²) in [5.41, 5.74) is 0.971. The van der Waals surface area contributed by atoms with Gasteiger partial charge in [-0.15, -0.1) is 11.3 Å². The molecular weight excluding hydrogens is 274 g/mol. The largest absolute Gasteiger partial charge is 0.504 e. The molecule has 4 nitrogen and oxygen atoms in total. The molecule has 0 aliphatic carbocycles. The van der Waals surface area contributed by atoms with Crippen LogP contribution in [0.4, 0.5) is 5.69 Å². The zero-order valence-electron chi connectivity index (χ0n) is 10.3. The van der Waals surface area contributed by atoms with Gasteiger partial charge >= 0.3 is 0 Å². The number of phenols is 2. The van der Waals surface area contributed by atoms with Gasteiger partial charge in [0.15, 0.2) is 11.5 Å². The molecule has 0 aliphatic heterocycles. The number of aromatic hydroxyl groups is 2. The number of benzene rings is 2. The first kappa shape index (κ1) is 12.5. The lowest BCUT2D eigenvalue weighted by Crippen LogP contribution is -2.11. The van der Waals surface area contributed by atoms with Gasteiger partial charge in [-0.2, -0.15) is 0 Å². The number of amides is 1. The normalized spacial score (nSPS) is 10.6. The molecule has 0 fully saturated rings. The monoisotopic (exact) mass is 285 g/mol. The van der Waals surface area contributed by atoms with Gasteiger partial charge in [0.05, 0.1) is 0 Å². The zero-order chi connectivity index (χ0) is 14.1. The Morgan fingerprint density at radius 1 is 1.00 bits per heavy atom. The summed E-state index contributed by atoms with van der Waals surface area (Å²) in [7, 11) is 0. The van der Waals surface area contributed by atoms with E-state index in [2.05, 4.69) is 5.32 Å². The molecule has 0 radical (unpaired) electrons. The van der Waals surface area contributed by atoms with E-state index in [1.54, 1.807) is 11.3 Å². The Morgan fingerprint density at radius 3 is 2.65 bits per heavy atom. The average Bonchev–Trinajstić information content (AvgIpc) is 2.89. The van der Waals surface area contributed by atoms with Gasteiger partial charge in [0, 0.05) is 16.0 Å². The van der Waals surface area contributed by atoms with Crippen LogP contribution in [0.5, 0.6) is 11.5 Å². The van der Waals surface area contributed by atoms with Crippen molar-refractivity contribution in [3.05, 3.63) is 53.4 Å². The quantitative estimate of drug-likeness (QED) is 0.630. The standard InChI is InChI=1S/C15H11NO3S/c17-12-3-1-10(8-13(12)18)15(19)16-11-2-4-14-9(7-11)5-6-20-14/h1-8,17-18H,(H,16,19). The summed E-state index contributed by atoms with van der Waals surface area (Å²) in [6, 6.07) is 11.6. The maximum absolute atomic E-state index is 12.1. The number of nitrogens with one attached hydrogen (secondary N) is 1. The third-order valence-corrected chi connectivity index (χ3v) is 3.85. The third-order valence-electron chi connectivity index (χ3n) is 2.95. The second-order valence-corrected chi connectivity index (χ2v) is 5.28. The summed E-state index contributed by atoms with van der Waals surface area (Å²) < 4.78 is 1.16. The first-order valence-corrected chi connectivity index (χ1v) is 6.82. The van der Waals surface area contributed by atoms with Crippen LogP contribution in [0.25, 0.3) is 10.1 Å². The van der Waals surface area contributed by atoms with Crippen molar-refractivity contribution in [2.75, 3.05) is 5.32 Å². The molecule has 1 aromatic heterocycles. The predicted molar refractivity (Wildman–Crippen MR) is 79.5 cm³/mol. The minimum Gasteiger partial charge on any atom is -0.504 e. The van der Waals surface area contributed by atoms with E-state index in [0.717, 1.165) is 10.1 Å². The Hall–Kier alpha value is -2.53. The average molecular weight is 285 g/mol. The van der Waals surface area contributed by atoms with E-state index in [4.69, 9.17) is 0 Å². The van der Waals surface area contributed by atoms with Gasteiger partial charge in [-0.1, -0.05) is 0 Å². The summed E-state index contributed by atoms with van der Waals surface area (Å²) in [4.78, 5) is 12.1. The van der Waals surface area contributed by atoms with Crippen LogP contribution in [-0.2, 0) is 0 Å². The molecule has 100 valence electrons. The molecule has 0 saturated carbocycles. The topological polar surface area (TPSA) is 69.6 Å². The molecule has 3 aromatic rings. The summed E-state index contributed by atoms with van der Waals surface area (Å²) in [5.74, 6) is -0.901. The highest BCUT2D eigenvalue weighted by molar-refractivity contribution is 7.17. The molecule has 0 spiro atoms. The molecule has 1 amide bonds. The Labute approximate surface area is 118 Å². The maximum Gasteiger partial charge on any atom is 0.255 e. The highest BCUT2D eigenvalue weighted by atomic mass is 32.1. The molecular formula is C15H11NO3S. The third kappa shape index (κ3) is 2.31. The van der Waals surface area contributed by atoms with Gasteiger partial charge in [0.2, 0.25) is 0 Å². The number of thiophene rings is 1. The van der Waals surface area contributed by atoms with E-state index in [9.17, 15) is 15.0 Å². The molecule has 0 atom stereocenters. The molecule has 3 N–H and O–H groups in total. The summed E-state index contributed by atoms with van der Waals surface area (Å²) in [6.45, 7) is 0. The molecule has 2 aromatic carbocycles. The van der Waals surface area contributed by atoms with Crippen LogP contribution in [0.15, 0.2) is 47.8 Å². The van der Waals surface area contributed by atoms with Crippen molar-refractivity contribution < 1.29 is 15.0 Å². The van der Waals surface area contributed by atoms with E-state index >= 15 is 0 Å². The van der Waals surface area contributed by atoms with Crippen molar-refractivity contribution in [2.45, 2.75) is 0 Å². The zero-order valence-corrected chi connectivity index (χ0v) is 11.1. The van der Waals surface area contributed by atoms with E-state index < -0.39 is 0 Å². The SMILES string of the molecule is O=C(Nc1ccc2sccc2c1)c1ccc(O)c(O)c1. The fraction of sp³-hybridized carbons (Fsp3) is 0. The number of rotatable bonds is 2. The minimum atomic E-state index is -0.338. The molecule has 0 unspecified atom stereocenters. The second-order valence-electron chi connectivity index (χ2n) is 4.33. The molecule has 5 heteroatoms. The molecule has 1 heterocycles. The van der Waals surface area contributed by atoms with E-state index in [-0.39, 0.29) is 23.0 Å². The summed E-state index contributed by atoms with van der Waals surface area (Å²) >= 11 is 1.64. The Balaban J connectivity index is 1.85. The number of anilines is 1. The summed E-state index contributed by atoms with van der Waals surface area (Å²) in [6.07, 6.45) is 0. The van der Waals surface area contributed by atoms with Gasteiger partial charge < -0.3 is 15.5 Å². The highest BCUT2D eigenvalue weighted by Gasteiger charge is 2.09. The van der Waals surface area contributed by atoms with Gasteiger partial charge in [0.25, 0.3) is 5.91 Å². The van der Waals surface area contributed by atoms with Crippen molar-refractivity contribution in [3.63, 3.8) is 0 Å². The summed E-state index contributed by atoms with van der Waals surface area (Å²) in [5, 5.41) is 24.5. The Kier molecular flexibility index (Phi) is 3.04. The van der Waals surface area contributed by atoms with Crippen molar-refractivity contribution in [1.29, 1.82) is 0 Å². The first-order valence-electron chi connectivity index (χ1n) is 5.94. The van der Waals surface area contributed by atoms with Gasteiger partial charge in [-0.3, -0.25) is 4.79 Å². The smallest absolute Gasteiger partial charge is 0.255 e. The van der Waals surface area contributed by atoms with Crippen LogP contribution >= 0.6 is 11.3 Å². The molecule has 0 bridgehead atoms. The van der Waals surface area contributed by atoms with Crippen LogP contribution in [0.3, 0.4) is 0 Å². The highest BCUT2D eigenvalue weighted by Crippen LogP contribution is 2.26. The maximum atomic E-state index is 12.1. The fourth-order valence-electron chi connectivity index (χ4n) is 1.91. The number of carbonyl (C=O) groups is 1. The molecule has 0 saturated heterocycles. The molecule has 20 heavy (non-hydrogen) atoms. The van der Waals surface area contributed by atoms with Crippen LogP contribution in [0.2, 0.25) is 0 Å². The van der Waals surface area contributed by atoms with Crippen molar-refractivity contribution in [3.8, 4) is 11.5 Å². The van der Waals surface area contributed by atoms with Crippen molar-refractivity contribution >= 4 is 33.0 Å². The minimum absolute atomic E-state index is 0.249. The lowest BCUT2D eigenvalue weighted by molar-refractivity contribution is 0.102. The van der Waals surface area contributed by atoms with E-state index in [1.165, 1.54) is 18.2 Å². The number of carbonyl (C=O) groups excluding carboxylic acids is 1. The predicted octanol–water partition coefficient (Wildman–Crippen LogP) is 3.56. The van der Waals surface area contributed by atoms with E-state index in [1.807, 2.05) is 29.6 Å². The van der Waals surface area contributed by atoms with Crippen LogP contribution in [0.1, 0.15) is 10.4 Å². The van der Waals surface area contributed by atoms with Crippen molar-refractivity contribution in [2.24, 2.45) is 0 Å². The lowest BCUT2D eigenvalue weighted by atomic mass is 10.1.